The van der Waals surface area contributed by atoms with Crippen LogP contribution in [0.25, 0.3) is 0 Å². The Morgan fingerprint density at radius 2 is 1.87 bits per heavy atom. The fraction of sp³-hybridized carbons (Fsp3) is 0.636. The van der Waals surface area contributed by atoms with Crippen molar-refractivity contribution >= 4 is 0 Å². The van der Waals surface area contributed by atoms with E-state index in [-0.39, 0.29) is 6.61 Å². The number of aliphatic hydroxyl groups excluding tert-OH is 1. The van der Waals surface area contributed by atoms with Crippen LogP contribution >= 0.6 is 0 Å². The second-order valence-electron chi connectivity index (χ2n) is 4.11. The molecule has 1 aromatic rings. The van der Waals surface area contributed by atoms with Gasteiger partial charge in [-0.25, -0.2) is 0 Å². The normalized spacial score (nSPS) is 19.6. The zero-order valence-electron chi connectivity index (χ0n) is 9.15. The van der Waals surface area contributed by atoms with Gasteiger partial charge in [0.05, 0.1) is 6.54 Å². The monoisotopic (exact) mass is 210 g/mol. The van der Waals surface area contributed by atoms with Crippen molar-refractivity contribution in [3.8, 4) is 0 Å². The third kappa shape index (κ3) is 2.81. The zero-order chi connectivity index (χ0) is 10.7. The molecule has 1 N–H and O–H groups in total. The predicted octanol–water partition coefficient (Wildman–Crippen LogP) is 0.519. The van der Waals surface area contributed by atoms with E-state index in [9.17, 15) is 0 Å². The topological polar surface area (TPSA) is 39.9 Å². The Balaban J connectivity index is 1.86. The summed E-state index contributed by atoms with van der Waals surface area (Å²) in [5, 5.41) is 8.88. The van der Waals surface area contributed by atoms with Gasteiger partial charge in [-0.05, 0) is 19.2 Å². The van der Waals surface area contributed by atoms with Crippen LogP contribution in [0.3, 0.4) is 0 Å². The lowest BCUT2D eigenvalue weighted by Gasteiger charge is -2.31. The highest BCUT2D eigenvalue weighted by molar-refractivity contribution is 5.06. The first-order chi connectivity index (χ1) is 7.28. The maximum atomic E-state index is 8.88. The molecule has 1 aliphatic rings. The zero-order valence-corrected chi connectivity index (χ0v) is 9.15. The quantitative estimate of drug-likeness (QED) is 0.789. The Labute approximate surface area is 90.1 Å². The molecule has 1 aliphatic heterocycles. The molecule has 0 atom stereocenters. The standard InChI is InChI=1S/C11H18N2O2/c1-12-4-6-13(7-5-12)8-10-2-3-11(9-14)15-10/h2-3,14H,4-9H2,1H3. The minimum Gasteiger partial charge on any atom is -0.462 e. The lowest BCUT2D eigenvalue weighted by atomic mass is 10.3. The molecule has 0 aliphatic carbocycles. The average molecular weight is 210 g/mol. The van der Waals surface area contributed by atoms with Gasteiger partial charge in [0.15, 0.2) is 0 Å². The van der Waals surface area contributed by atoms with Gasteiger partial charge in [-0.1, -0.05) is 0 Å². The van der Waals surface area contributed by atoms with Gasteiger partial charge in [0.2, 0.25) is 0 Å². The second-order valence-corrected chi connectivity index (χ2v) is 4.11. The maximum Gasteiger partial charge on any atom is 0.129 e. The number of likely N-dealkylation sites (N-methyl/N-ethyl adjacent to an activating group) is 1. The number of nitrogens with zero attached hydrogens (tertiary/aromatic N) is 2. The Morgan fingerprint density at radius 3 is 2.47 bits per heavy atom. The lowest BCUT2D eigenvalue weighted by molar-refractivity contribution is 0.138. The molecular formula is C11H18N2O2. The molecule has 0 spiro atoms. The Kier molecular flexibility index (Phi) is 3.41. The molecule has 0 amide bonds. The first kappa shape index (κ1) is 10.7. The molecule has 84 valence electrons. The fourth-order valence-corrected chi connectivity index (χ4v) is 1.82. The van der Waals surface area contributed by atoms with Gasteiger partial charge in [0, 0.05) is 26.2 Å². The van der Waals surface area contributed by atoms with Crippen LogP contribution < -0.4 is 0 Å². The number of furan rings is 1. The SMILES string of the molecule is CN1CCN(Cc2ccc(CO)o2)CC1. The molecule has 2 heterocycles. The van der Waals surface area contributed by atoms with Gasteiger partial charge in [-0.2, -0.15) is 0 Å². The third-order valence-corrected chi connectivity index (χ3v) is 2.85. The molecule has 15 heavy (non-hydrogen) atoms. The minimum atomic E-state index is -0.0112. The molecule has 1 fully saturated rings. The molecule has 1 aromatic heterocycles. The van der Waals surface area contributed by atoms with Gasteiger partial charge >= 0.3 is 0 Å². The molecular weight excluding hydrogens is 192 g/mol. The lowest BCUT2D eigenvalue weighted by Crippen LogP contribution is -2.43. The molecule has 4 nitrogen and oxygen atoms in total. The molecule has 0 bridgehead atoms. The maximum absolute atomic E-state index is 8.88. The van der Waals surface area contributed by atoms with Gasteiger partial charge in [-0.3, -0.25) is 4.90 Å². The van der Waals surface area contributed by atoms with Crippen LogP contribution in [0.4, 0.5) is 0 Å². The van der Waals surface area contributed by atoms with E-state index in [2.05, 4.69) is 16.8 Å². The fourth-order valence-electron chi connectivity index (χ4n) is 1.82. The summed E-state index contributed by atoms with van der Waals surface area (Å²) < 4.78 is 5.46. The summed E-state index contributed by atoms with van der Waals surface area (Å²) in [7, 11) is 2.15. The van der Waals surface area contributed by atoms with Crippen molar-refractivity contribution in [2.75, 3.05) is 33.2 Å². The molecule has 2 rings (SSSR count). The Morgan fingerprint density at radius 1 is 1.20 bits per heavy atom. The average Bonchev–Trinajstić information content (AvgIpc) is 2.69. The molecule has 1 saturated heterocycles. The van der Waals surface area contributed by atoms with Crippen LogP contribution in [0.5, 0.6) is 0 Å². The number of rotatable bonds is 3. The van der Waals surface area contributed by atoms with Crippen molar-refractivity contribution in [1.82, 2.24) is 9.80 Å². The first-order valence-electron chi connectivity index (χ1n) is 5.37. The van der Waals surface area contributed by atoms with Crippen molar-refractivity contribution in [3.05, 3.63) is 23.7 Å². The Bertz CT molecular complexity index is 303. The Hall–Kier alpha value is -0.840. The van der Waals surface area contributed by atoms with Crippen molar-refractivity contribution in [3.63, 3.8) is 0 Å². The predicted molar refractivity (Wildman–Crippen MR) is 57.4 cm³/mol. The van der Waals surface area contributed by atoms with Crippen molar-refractivity contribution in [2.45, 2.75) is 13.2 Å². The highest BCUT2D eigenvalue weighted by atomic mass is 16.4. The van der Waals surface area contributed by atoms with E-state index in [0.29, 0.717) is 5.76 Å². The highest BCUT2D eigenvalue weighted by Crippen LogP contribution is 2.11. The minimum absolute atomic E-state index is 0.0112. The van der Waals surface area contributed by atoms with Gasteiger partial charge < -0.3 is 14.4 Å². The van der Waals surface area contributed by atoms with Crippen molar-refractivity contribution in [2.24, 2.45) is 0 Å². The van der Waals surface area contributed by atoms with Crippen LogP contribution in [-0.2, 0) is 13.2 Å². The van der Waals surface area contributed by atoms with Gasteiger partial charge in [-0.15, -0.1) is 0 Å². The number of hydrogen-bond donors (Lipinski definition) is 1. The van der Waals surface area contributed by atoms with Gasteiger partial charge in [0.25, 0.3) is 0 Å². The summed E-state index contributed by atoms with van der Waals surface area (Å²) in [5.41, 5.74) is 0. The van der Waals surface area contributed by atoms with E-state index in [0.717, 1.165) is 38.5 Å². The van der Waals surface area contributed by atoms with E-state index >= 15 is 0 Å². The van der Waals surface area contributed by atoms with E-state index < -0.39 is 0 Å². The first-order valence-corrected chi connectivity index (χ1v) is 5.37. The van der Waals surface area contributed by atoms with Crippen LogP contribution in [0.15, 0.2) is 16.5 Å². The summed E-state index contributed by atoms with van der Waals surface area (Å²) in [6, 6.07) is 3.79. The van der Waals surface area contributed by atoms with E-state index in [1.165, 1.54) is 0 Å². The van der Waals surface area contributed by atoms with Gasteiger partial charge in [0.1, 0.15) is 18.1 Å². The summed E-state index contributed by atoms with van der Waals surface area (Å²) in [6.45, 7) is 5.26. The van der Waals surface area contributed by atoms with E-state index in [4.69, 9.17) is 9.52 Å². The summed E-state index contributed by atoms with van der Waals surface area (Å²) >= 11 is 0. The molecule has 0 unspecified atom stereocenters. The van der Waals surface area contributed by atoms with Crippen LogP contribution in [-0.4, -0.2) is 48.1 Å². The summed E-state index contributed by atoms with van der Waals surface area (Å²) in [4.78, 5) is 4.71. The molecule has 0 radical (unpaired) electrons. The van der Waals surface area contributed by atoms with E-state index in [1.54, 1.807) is 0 Å². The van der Waals surface area contributed by atoms with Crippen LogP contribution in [0.2, 0.25) is 0 Å². The molecule has 0 saturated carbocycles. The molecule has 4 heteroatoms. The van der Waals surface area contributed by atoms with Crippen molar-refractivity contribution in [1.29, 1.82) is 0 Å². The second kappa shape index (κ2) is 4.79. The number of aliphatic hydroxyl groups is 1. The smallest absolute Gasteiger partial charge is 0.129 e. The summed E-state index contributed by atoms with van der Waals surface area (Å²) in [6.07, 6.45) is 0. The number of piperazine rings is 1. The third-order valence-electron chi connectivity index (χ3n) is 2.85. The van der Waals surface area contributed by atoms with Crippen LogP contribution in [0, 0.1) is 0 Å². The largest absolute Gasteiger partial charge is 0.462 e. The molecule has 0 aromatic carbocycles. The highest BCUT2D eigenvalue weighted by Gasteiger charge is 2.15. The summed E-state index contributed by atoms with van der Waals surface area (Å²) in [5.74, 6) is 1.60. The van der Waals surface area contributed by atoms with Crippen molar-refractivity contribution < 1.29 is 9.52 Å². The van der Waals surface area contributed by atoms with E-state index in [1.807, 2.05) is 12.1 Å². The number of hydrogen-bond acceptors (Lipinski definition) is 4. The van der Waals surface area contributed by atoms with Crippen LogP contribution in [0.1, 0.15) is 11.5 Å².